The summed E-state index contributed by atoms with van der Waals surface area (Å²) in [6, 6.07) is 22.2. The second-order valence-corrected chi connectivity index (χ2v) is 9.70. The normalized spacial score (nSPS) is 11.7. The molecule has 0 atom stereocenters. The molecule has 0 aliphatic rings. The summed E-state index contributed by atoms with van der Waals surface area (Å²) in [5.74, 6) is 1.35. The Morgan fingerprint density at radius 1 is 0.914 bits per heavy atom. The molecule has 3 aromatic carbocycles. The van der Waals surface area contributed by atoms with Crippen molar-refractivity contribution in [1.82, 2.24) is 19.2 Å². The molecule has 0 aliphatic heterocycles. The number of sulfonamides is 1. The maximum atomic E-state index is 13.8. The van der Waals surface area contributed by atoms with Gasteiger partial charge in [-0.25, -0.2) is 8.42 Å². The minimum absolute atomic E-state index is 0.101. The van der Waals surface area contributed by atoms with Crippen LogP contribution in [0.4, 0.5) is 5.69 Å². The summed E-state index contributed by atoms with van der Waals surface area (Å²) in [4.78, 5) is 13.1. The van der Waals surface area contributed by atoms with Gasteiger partial charge in [-0.3, -0.25) is 18.1 Å². The largest absolute Gasteiger partial charge is 0.497 e. The smallest absolute Gasteiger partial charge is 0.264 e. The third-order valence-corrected chi connectivity index (χ3v) is 7.66. The standard InChI is InChI=1S/C25H23N5O4S/c1-3-28-24(31)21-11-7-8-12-22(21)30-23(26-27-25(28)30)17-29(18-13-15-19(34-2)16-14-18)35(32,33)20-9-5-4-6-10-20/h4-16H,3,17H2,1-2H3. The van der Waals surface area contributed by atoms with Crippen LogP contribution >= 0.6 is 0 Å². The number of rotatable bonds is 7. The van der Waals surface area contributed by atoms with Crippen molar-refractivity contribution in [3.63, 3.8) is 0 Å². The molecule has 0 saturated heterocycles. The molecular weight excluding hydrogens is 466 g/mol. The first kappa shape index (κ1) is 22.6. The molecule has 0 radical (unpaired) electrons. The van der Waals surface area contributed by atoms with Crippen molar-refractivity contribution in [1.29, 1.82) is 0 Å². The van der Waals surface area contributed by atoms with Gasteiger partial charge in [-0.1, -0.05) is 30.3 Å². The van der Waals surface area contributed by atoms with Gasteiger partial charge in [0.15, 0.2) is 5.82 Å². The third-order valence-electron chi connectivity index (χ3n) is 5.87. The second-order valence-electron chi connectivity index (χ2n) is 7.84. The fourth-order valence-electron chi connectivity index (χ4n) is 4.11. The molecule has 35 heavy (non-hydrogen) atoms. The summed E-state index contributed by atoms with van der Waals surface area (Å²) < 4.78 is 37.3. The predicted molar refractivity (Wildman–Crippen MR) is 133 cm³/mol. The Kier molecular flexibility index (Phi) is 5.73. The molecule has 0 fully saturated rings. The average Bonchev–Trinajstić information content (AvgIpc) is 3.32. The summed E-state index contributed by atoms with van der Waals surface area (Å²) in [5.41, 5.74) is 0.891. The van der Waals surface area contributed by atoms with Crippen molar-refractivity contribution in [2.75, 3.05) is 11.4 Å². The molecule has 2 aromatic heterocycles. The van der Waals surface area contributed by atoms with Gasteiger partial charge in [0.05, 0.1) is 35.1 Å². The highest BCUT2D eigenvalue weighted by atomic mass is 32.2. The van der Waals surface area contributed by atoms with Crippen molar-refractivity contribution in [3.8, 4) is 5.75 Å². The lowest BCUT2D eigenvalue weighted by atomic mass is 10.2. The van der Waals surface area contributed by atoms with Gasteiger partial charge in [0, 0.05) is 6.54 Å². The van der Waals surface area contributed by atoms with E-state index in [1.807, 2.05) is 13.0 Å². The van der Waals surface area contributed by atoms with E-state index in [4.69, 9.17) is 4.74 Å². The van der Waals surface area contributed by atoms with E-state index < -0.39 is 10.0 Å². The highest BCUT2D eigenvalue weighted by molar-refractivity contribution is 7.92. The SMILES string of the molecule is CCn1c(=O)c2ccccc2n2c(CN(c3ccc(OC)cc3)S(=O)(=O)c3ccccc3)nnc12. The maximum absolute atomic E-state index is 13.8. The number of methoxy groups -OCH3 is 1. The van der Waals surface area contributed by atoms with Crippen LogP contribution in [0.3, 0.4) is 0 Å². The third kappa shape index (κ3) is 3.81. The Morgan fingerprint density at radius 3 is 2.29 bits per heavy atom. The molecule has 0 N–H and O–H groups in total. The number of benzene rings is 3. The van der Waals surface area contributed by atoms with Crippen LogP contribution in [0.5, 0.6) is 5.75 Å². The highest BCUT2D eigenvalue weighted by Gasteiger charge is 2.28. The number of aryl methyl sites for hydroxylation is 1. The van der Waals surface area contributed by atoms with E-state index in [1.54, 1.807) is 84.3 Å². The first-order valence-electron chi connectivity index (χ1n) is 11.0. The maximum Gasteiger partial charge on any atom is 0.264 e. The molecule has 0 amide bonds. The van der Waals surface area contributed by atoms with Crippen molar-refractivity contribution in [3.05, 3.63) is 95.0 Å². The number of aromatic nitrogens is 4. The van der Waals surface area contributed by atoms with E-state index >= 15 is 0 Å². The molecular formula is C25H23N5O4S. The molecule has 2 heterocycles. The van der Waals surface area contributed by atoms with Crippen LogP contribution in [0, 0.1) is 0 Å². The molecule has 9 nitrogen and oxygen atoms in total. The van der Waals surface area contributed by atoms with Gasteiger partial charge >= 0.3 is 0 Å². The van der Waals surface area contributed by atoms with Crippen LogP contribution in [-0.4, -0.2) is 34.7 Å². The topological polar surface area (TPSA) is 98.8 Å². The molecule has 5 rings (SSSR count). The van der Waals surface area contributed by atoms with Crippen LogP contribution in [0.1, 0.15) is 12.7 Å². The Labute approximate surface area is 201 Å². The summed E-state index contributed by atoms with van der Waals surface area (Å²) in [6.45, 7) is 2.15. The van der Waals surface area contributed by atoms with Crippen LogP contribution < -0.4 is 14.6 Å². The van der Waals surface area contributed by atoms with Crippen LogP contribution in [-0.2, 0) is 23.1 Å². The van der Waals surface area contributed by atoms with Crippen molar-refractivity contribution in [2.45, 2.75) is 24.9 Å². The highest BCUT2D eigenvalue weighted by Crippen LogP contribution is 2.28. The monoisotopic (exact) mass is 489 g/mol. The molecule has 0 saturated carbocycles. The molecule has 10 heteroatoms. The van der Waals surface area contributed by atoms with E-state index in [2.05, 4.69) is 10.2 Å². The van der Waals surface area contributed by atoms with Crippen LogP contribution in [0.2, 0.25) is 0 Å². The van der Waals surface area contributed by atoms with Crippen molar-refractivity contribution in [2.24, 2.45) is 0 Å². The molecule has 5 aromatic rings. The predicted octanol–water partition coefficient (Wildman–Crippen LogP) is 3.47. The lowest BCUT2D eigenvalue weighted by Crippen LogP contribution is -2.31. The number of nitrogens with zero attached hydrogens (tertiary/aromatic N) is 5. The van der Waals surface area contributed by atoms with Gasteiger partial charge in [0.2, 0.25) is 5.78 Å². The van der Waals surface area contributed by atoms with Gasteiger partial charge < -0.3 is 4.74 Å². The summed E-state index contributed by atoms with van der Waals surface area (Å²) in [7, 11) is -2.40. The zero-order chi connectivity index (χ0) is 24.6. The van der Waals surface area contributed by atoms with Gasteiger partial charge in [0.25, 0.3) is 15.6 Å². The first-order valence-corrected chi connectivity index (χ1v) is 12.5. The van der Waals surface area contributed by atoms with Gasteiger partial charge in [0.1, 0.15) is 5.75 Å². The Morgan fingerprint density at radius 2 is 1.60 bits per heavy atom. The second kappa shape index (κ2) is 8.88. The van der Waals surface area contributed by atoms with Gasteiger partial charge in [-0.2, -0.15) is 0 Å². The first-order chi connectivity index (χ1) is 17.0. The minimum Gasteiger partial charge on any atom is -0.497 e. The number of hydrogen-bond donors (Lipinski definition) is 0. The van der Waals surface area contributed by atoms with E-state index in [-0.39, 0.29) is 17.0 Å². The Hall–Kier alpha value is -4.18. The van der Waals surface area contributed by atoms with E-state index in [0.29, 0.717) is 40.5 Å². The number of anilines is 1. The molecule has 0 bridgehead atoms. The zero-order valence-electron chi connectivity index (χ0n) is 19.2. The van der Waals surface area contributed by atoms with Crippen molar-refractivity contribution >= 4 is 32.4 Å². The van der Waals surface area contributed by atoms with Crippen LogP contribution in [0.15, 0.2) is 88.6 Å². The molecule has 0 spiro atoms. The van der Waals surface area contributed by atoms with E-state index in [9.17, 15) is 13.2 Å². The Balaban J connectivity index is 1.73. The van der Waals surface area contributed by atoms with E-state index in [0.717, 1.165) is 0 Å². The van der Waals surface area contributed by atoms with Crippen molar-refractivity contribution < 1.29 is 13.2 Å². The van der Waals surface area contributed by atoms with Crippen LogP contribution in [0.25, 0.3) is 16.7 Å². The summed E-state index contributed by atoms with van der Waals surface area (Å²) >= 11 is 0. The zero-order valence-corrected chi connectivity index (χ0v) is 20.0. The number of ether oxygens (including phenoxy) is 1. The fourth-order valence-corrected chi connectivity index (χ4v) is 5.55. The number of hydrogen-bond acceptors (Lipinski definition) is 6. The number of fused-ring (bicyclic) bond motifs is 3. The van der Waals surface area contributed by atoms with E-state index in [1.165, 1.54) is 8.87 Å². The number of para-hydroxylation sites is 1. The summed E-state index contributed by atoms with van der Waals surface area (Å²) in [5, 5.41) is 9.09. The minimum atomic E-state index is -3.95. The molecule has 0 unspecified atom stereocenters. The molecule has 0 aliphatic carbocycles. The lowest BCUT2D eigenvalue weighted by molar-refractivity contribution is 0.415. The fraction of sp³-hybridized carbons (Fsp3) is 0.160. The average molecular weight is 490 g/mol. The quantitative estimate of drug-likeness (QED) is 0.347. The lowest BCUT2D eigenvalue weighted by Gasteiger charge is -2.24. The summed E-state index contributed by atoms with van der Waals surface area (Å²) in [6.07, 6.45) is 0. The Bertz CT molecular complexity index is 1680. The molecule has 178 valence electrons. The van der Waals surface area contributed by atoms with Gasteiger partial charge in [-0.15, -0.1) is 10.2 Å². The van der Waals surface area contributed by atoms with Gasteiger partial charge in [-0.05, 0) is 55.5 Å².